The van der Waals surface area contributed by atoms with Gasteiger partial charge in [-0.05, 0) is 24.6 Å². The van der Waals surface area contributed by atoms with Gasteiger partial charge >= 0.3 is 6.18 Å². The molecule has 0 atom stereocenters. The Bertz CT molecular complexity index is 295. The quantitative estimate of drug-likeness (QED) is 0.621. The van der Waals surface area contributed by atoms with Crippen LogP contribution in [0.5, 0.6) is 0 Å². The molecule has 15 heavy (non-hydrogen) atoms. The van der Waals surface area contributed by atoms with Gasteiger partial charge in [0.15, 0.2) is 0 Å². The van der Waals surface area contributed by atoms with Crippen molar-refractivity contribution in [2.75, 3.05) is 6.61 Å². The van der Waals surface area contributed by atoms with E-state index in [-0.39, 0.29) is 0 Å². The van der Waals surface area contributed by atoms with Crippen molar-refractivity contribution in [3.63, 3.8) is 0 Å². The van der Waals surface area contributed by atoms with Gasteiger partial charge < -0.3 is 4.84 Å². The van der Waals surface area contributed by atoms with E-state index < -0.39 is 11.7 Å². The summed E-state index contributed by atoms with van der Waals surface area (Å²) in [5, 5.41) is 0. The third-order valence-electron chi connectivity index (χ3n) is 1.80. The van der Waals surface area contributed by atoms with Crippen LogP contribution in [0.3, 0.4) is 0 Å². The molecule has 0 radical (unpaired) electrons. The van der Waals surface area contributed by atoms with E-state index in [4.69, 9.17) is 4.84 Å². The van der Waals surface area contributed by atoms with Crippen LogP contribution in [-0.4, -0.2) is 6.61 Å². The van der Waals surface area contributed by atoms with Crippen molar-refractivity contribution in [2.45, 2.75) is 19.6 Å². The average molecular weight is 219 g/mol. The molecule has 1 aromatic carbocycles. The molecule has 0 unspecified atom stereocenters. The van der Waals surface area contributed by atoms with Crippen LogP contribution in [0.1, 0.15) is 18.1 Å². The van der Waals surface area contributed by atoms with E-state index in [2.05, 4.69) is 5.48 Å². The molecule has 0 saturated carbocycles. The summed E-state index contributed by atoms with van der Waals surface area (Å²) in [6.45, 7) is 2.73. The second-order valence-corrected chi connectivity index (χ2v) is 2.95. The van der Waals surface area contributed by atoms with Gasteiger partial charge in [-0.1, -0.05) is 12.1 Å². The molecule has 0 spiro atoms. The van der Waals surface area contributed by atoms with E-state index in [1.807, 2.05) is 6.92 Å². The first kappa shape index (κ1) is 12.0. The van der Waals surface area contributed by atoms with E-state index in [1.165, 1.54) is 12.1 Å². The number of hydroxylamine groups is 1. The summed E-state index contributed by atoms with van der Waals surface area (Å²) in [6.07, 6.45) is -4.27. The molecule has 1 aromatic rings. The number of hydrogen-bond donors (Lipinski definition) is 1. The maximum Gasteiger partial charge on any atom is 0.416 e. The summed E-state index contributed by atoms with van der Waals surface area (Å²) in [5.41, 5.74) is 2.74. The van der Waals surface area contributed by atoms with Gasteiger partial charge in [0.05, 0.1) is 12.2 Å². The van der Waals surface area contributed by atoms with E-state index in [0.29, 0.717) is 13.2 Å². The summed E-state index contributed by atoms with van der Waals surface area (Å²) >= 11 is 0. The highest BCUT2D eigenvalue weighted by molar-refractivity contribution is 5.24. The van der Waals surface area contributed by atoms with Gasteiger partial charge in [0.2, 0.25) is 0 Å². The predicted molar refractivity (Wildman–Crippen MR) is 49.9 cm³/mol. The Morgan fingerprint density at radius 1 is 1.20 bits per heavy atom. The van der Waals surface area contributed by atoms with Crippen molar-refractivity contribution in [2.24, 2.45) is 0 Å². The Morgan fingerprint density at radius 3 is 2.27 bits per heavy atom. The largest absolute Gasteiger partial charge is 0.416 e. The fourth-order valence-electron chi connectivity index (χ4n) is 1.05. The van der Waals surface area contributed by atoms with Gasteiger partial charge in [0, 0.05) is 6.54 Å². The van der Waals surface area contributed by atoms with Crippen LogP contribution < -0.4 is 5.48 Å². The first-order chi connectivity index (χ1) is 7.04. The minimum Gasteiger partial charge on any atom is -0.302 e. The minimum absolute atomic E-state index is 0.395. The molecule has 0 amide bonds. The molecular weight excluding hydrogens is 207 g/mol. The number of nitrogens with one attached hydrogen (secondary N) is 1. The van der Waals surface area contributed by atoms with Crippen molar-refractivity contribution in [3.8, 4) is 0 Å². The van der Waals surface area contributed by atoms with E-state index in [9.17, 15) is 13.2 Å². The average Bonchev–Trinajstić information content (AvgIpc) is 2.18. The van der Waals surface area contributed by atoms with Crippen molar-refractivity contribution < 1.29 is 18.0 Å². The summed E-state index contributed by atoms with van der Waals surface area (Å²) in [7, 11) is 0. The molecule has 5 heteroatoms. The normalized spacial score (nSPS) is 11.7. The van der Waals surface area contributed by atoms with Crippen molar-refractivity contribution in [1.82, 2.24) is 5.48 Å². The van der Waals surface area contributed by atoms with E-state index in [0.717, 1.165) is 17.7 Å². The van der Waals surface area contributed by atoms with Crippen LogP contribution in [0.2, 0.25) is 0 Å². The Hall–Kier alpha value is -1.07. The van der Waals surface area contributed by atoms with Crippen molar-refractivity contribution in [1.29, 1.82) is 0 Å². The molecule has 0 aromatic heterocycles. The number of hydrogen-bond acceptors (Lipinski definition) is 2. The van der Waals surface area contributed by atoms with Gasteiger partial charge in [0.25, 0.3) is 0 Å². The molecule has 84 valence electrons. The molecule has 0 aliphatic rings. The van der Waals surface area contributed by atoms with E-state index >= 15 is 0 Å². The van der Waals surface area contributed by atoms with Gasteiger partial charge in [0.1, 0.15) is 0 Å². The molecule has 2 nitrogen and oxygen atoms in total. The Balaban J connectivity index is 2.57. The number of rotatable bonds is 4. The lowest BCUT2D eigenvalue weighted by molar-refractivity contribution is -0.137. The monoisotopic (exact) mass is 219 g/mol. The first-order valence-corrected chi connectivity index (χ1v) is 4.55. The molecule has 0 fully saturated rings. The summed E-state index contributed by atoms with van der Waals surface area (Å²) in [6, 6.07) is 4.97. The zero-order chi connectivity index (χ0) is 11.3. The van der Waals surface area contributed by atoms with Crippen LogP contribution >= 0.6 is 0 Å². The third kappa shape index (κ3) is 3.89. The molecule has 0 aliphatic heterocycles. The van der Waals surface area contributed by atoms with Crippen molar-refractivity contribution in [3.05, 3.63) is 35.4 Å². The molecule has 1 rings (SSSR count). The maximum absolute atomic E-state index is 12.2. The van der Waals surface area contributed by atoms with Gasteiger partial charge in [-0.25, -0.2) is 0 Å². The SMILES string of the molecule is CCONCc1ccc(C(F)(F)F)cc1. The molecule has 0 aliphatic carbocycles. The van der Waals surface area contributed by atoms with Gasteiger partial charge in [-0.3, -0.25) is 0 Å². The second-order valence-electron chi connectivity index (χ2n) is 2.95. The third-order valence-corrected chi connectivity index (χ3v) is 1.80. The Morgan fingerprint density at radius 2 is 1.80 bits per heavy atom. The Kier molecular flexibility index (Phi) is 4.11. The van der Waals surface area contributed by atoms with Crippen LogP contribution in [0.4, 0.5) is 13.2 Å². The lowest BCUT2D eigenvalue weighted by atomic mass is 10.1. The molecule has 0 bridgehead atoms. The van der Waals surface area contributed by atoms with Crippen LogP contribution in [0.25, 0.3) is 0 Å². The summed E-state index contributed by atoms with van der Waals surface area (Å²) in [4.78, 5) is 4.86. The minimum atomic E-state index is -4.27. The Labute approximate surface area is 86.0 Å². The predicted octanol–water partition coefficient (Wildman–Crippen LogP) is 2.75. The number of halogens is 3. The summed E-state index contributed by atoms with van der Waals surface area (Å²) < 4.78 is 36.6. The zero-order valence-electron chi connectivity index (χ0n) is 8.27. The van der Waals surface area contributed by atoms with Gasteiger partial charge in [-0.2, -0.15) is 18.7 Å². The second kappa shape index (κ2) is 5.14. The number of benzene rings is 1. The fourth-order valence-corrected chi connectivity index (χ4v) is 1.05. The van der Waals surface area contributed by atoms with Crippen molar-refractivity contribution >= 4 is 0 Å². The lowest BCUT2D eigenvalue weighted by Crippen LogP contribution is -2.13. The lowest BCUT2D eigenvalue weighted by Gasteiger charge is -2.08. The highest BCUT2D eigenvalue weighted by atomic mass is 19.4. The zero-order valence-corrected chi connectivity index (χ0v) is 8.27. The topological polar surface area (TPSA) is 21.3 Å². The highest BCUT2D eigenvalue weighted by Gasteiger charge is 2.29. The number of alkyl halides is 3. The van der Waals surface area contributed by atoms with Crippen LogP contribution in [0.15, 0.2) is 24.3 Å². The fraction of sp³-hybridized carbons (Fsp3) is 0.400. The molecule has 0 heterocycles. The van der Waals surface area contributed by atoms with Crippen LogP contribution in [-0.2, 0) is 17.6 Å². The standard InChI is InChI=1S/C10H12F3NO/c1-2-15-14-7-8-3-5-9(6-4-8)10(11,12)13/h3-6,14H,2,7H2,1H3. The molecule has 1 N–H and O–H groups in total. The maximum atomic E-state index is 12.2. The van der Waals surface area contributed by atoms with Gasteiger partial charge in [-0.15, -0.1) is 0 Å². The molecular formula is C10H12F3NO. The first-order valence-electron chi connectivity index (χ1n) is 4.55. The van der Waals surface area contributed by atoms with E-state index in [1.54, 1.807) is 0 Å². The smallest absolute Gasteiger partial charge is 0.302 e. The van der Waals surface area contributed by atoms with Crippen LogP contribution in [0, 0.1) is 0 Å². The summed E-state index contributed by atoms with van der Waals surface area (Å²) in [5.74, 6) is 0. The highest BCUT2D eigenvalue weighted by Crippen LogP contribution is 2.28. The molecule has 0 saturated heterocycles.